The molecule has 1 N–H and O–H groups in total. The third-order valence-electron chi connectivity index (χ3n) is 5.84. The lowest BCUT2D eigenvalue weighted by molar-refractivity contribution is -0.123. The van der Waals surface area contributed by atoms with Gasteiger partial charge in [-0.15, -0.1) is 0 Å². The topological polar surface area (TPSA) is 86.1 Å². The van der Waals surface area contributed by atoms with Gasteiger partial charge in [0.25, 0.3) is 0 Å². The molecule has 2 aliphatic rings. The van der Waals surface area contributed by atoms with Crippen molar-refractivity contribution in [2.24, 2.45) is 5.92 Å². The maximum Gasteiger partial charge on any atom is 0.341 e. The molecule has 1 fully saturated rings. The highest BCUT2D eigenvalue weighted by Gasteiger charge is 2.49. The number of amides is 1. The molecule has 3 heterocycles. The van der Waals surface area contributed by atoms with Gasteiger partial charge in [-0.05, 0) is 62.1 Å². The predicted octanol–water partition coefficient (Wildman–Crippen LogP) is 3.60. The molecular formula is C22H19FN4O3. The zero-order valence-electron chi connectivity index (χ0n) is 16.0. The van der Waals surface area contributed by atoms with Crippen molar-refractivity contribution in [1.29, 1.82) is 0 Å². The second-order valence-electron chi connectivity index (χ2n) is 7.67. The van der Waals surface area contributed by atoms with Crippen LogP contribution in [-0.4, -0.2) is 26.6 Å². The Kier molecular flexibility index (Phi) is 4.34. The number of nitrogens with zero attached hydrogens (tertiary/aromatic N) is 3. The zero-order valence-corrected chi connectivity index (χ0v) is 16.0. The molecule has 3 aromatic rings. The van der Waals surface area contributed by atoms with Gasteiger partial charge < -0.3 is 10.1 Å². The summed E-state index contributed by atoms with van der Waals surface area (Å²) in [5.74, 6) is -0.533. The van der Waals surface area contributed by atoms with Gasteiger partial charge in [0.1, 0.15) is 5.82 Å². The van der Waals surface area contributed by atoms with Crippen LogP contribution in [0.3, 0.4) is 0 Å². The Morgan fingerprint density at radius 1 is 1.17 bits per heavy atom. The summed E-state index contributed by atoms with van der Waals surface area (Å²) in [4.78, 5) is 29.3. The Labute approximate surface area is 171 Å². The minimum atomic E-state index is -0.714. The molecule has 1 aromatic carbocycles. The van der Waals surface area contributed by atoms with E-state index < -0.39 is 5.60 Å². The first-order valence-corrected chi connectivity index (χ1v) is 9.85. The number of fused-ring (bicyclic) bond motifs is 2. The summed E-state index contributed by atoms with van der Waals surface area (Å²) in [6, 6.07) is 11.1. The first-order chi connectivity index (χ1) is 14.5. The lowest BCUT2D eigenvalue weighted by Gasteiger charge is -2.35. The highest BCUT2D eigenvalue weighted by atomic mass is 19.1. The quantitative estimate of drug-likeness (QED) is 0.672. The van der Waals surface area contributed by atoms with Gasteiger partial charge >= 0.3 is 5.97 Å². The molecule has 7 nitrogen and oxygen atoms in total. The molecule has 152 valence electrons. The van der Waals surface area contributed by atoms with Gasteiger partial charge in [0.05, 0.1) is 16.9 Å². The van der Waals surface area contributed by atoms with E-state index in [1.165, 1.54) is 12.1 Å². The normalized spacial score (nSPS) is 22.6. The predicted molar refractivity (Wildman–Crippen MR) is 105 cm³/mol. The van der Waals surface area contributed by atoms with E-state index >= 15 is 0 Å². The summed E-state index contributed by atoms with van der Waals surface area (Å²) in [6.07, 6.45) is 5.68. The minimum Gasteiger partial charge on any atom is -0.449 e. The van der Waals surface area contributed by atoms with Gasteiger partial charge in [-0.1, -0.05) is 0 Å². The fourth-order valence-electron chi connectivity index (χ4n) is 4.26. The van der Waals surface area contributed by atoms with Crippen molar-refractivity contribution in [3.8, 4) is 5.69 Å². The molecule has 0 bridgehead atoms. The number of anilines is 1. The second-order valence-corrected chi connectivity index (χ2v) is 7.67. The Morgan fingerprint density at radius 3 is 2.70 bits per heavy atom. The van der Waals surface area contributed by atoms with Crippen LogP contribution in [0.15, 0.2) is 54.9 Å². The van der Waals surface area contributed by atoms with E-state index in [-0.39, 0.29) is 23.6 Å². The van der Waals surface area contributed by atoms with Gasteiger partial charge in [-0.25, -0.2) is 13.9 Å². The van der Waals surface area contributed by atoms with E-state index in [1.54, 1.807) is 47.4 Å². The average molecular weight is 406 g/mol. The number of halogens is 1. The van der Waals surface area contributed by atoms with E-state index in [1.807, 2.05) is 0 Å². The fourth-order valence-corrected chi connectivity index (χ4v) is 4.26. The van der Waals surface area contributed by atoms with Crippen LogP contribution in [0, 0.1) is 11.7 Å². The third-order valence-corrected chi connectivity index (χ3v) is 5.84. The second kappa shape index (κ2) is 7.05. The molecule has 8 heteroatoms. The maximum absolute atomic E-state index is 13.1. The fraction of sp³-hybridized carbons (Fsp3) is 0.273. The van der Waals surface area contributed by atoms with Crippen LogP contribution in [0.5, 0.6) is 0 Å². The smallest absolute Gasteiger partial charge is 0.341 e. The molecule has 30 heavy (non-hydrogen) atoms. The molecule has 1 saturated carbocycles. The third kappa shape index (κ3) is 3.14. The van der Waals surface area contributed by atoms with E-state index in [0.717, 1.165) is 0 Å². The maximum atomic E-state index is 13.1. The van der Waals surface area contributed by atoms with Crippen molar-refractivity contribution >= 4 is 17.7 Å². The largest absolute Gasteiger partial charge is 0.449 e. The van der Waals surface area contributed by atoms with Crippen molar-refractivity contribution < 1.29 is 18.7 Å². The van der Waals surface area contributed by atoms with Crippen molar-refractivity contribution in [2.75, 3.05) is 5.32 Å². The lowest BCUT2D eigenvalue weighted by atomic mass is 9.76. The number of benzene rings is 1. The summed E-state index contributed by atoms with van der Waals surface area (Å²) in [7, 11) is 0. The van der Waals surface area contributed by atoms with Crippen LogP contribution >= 0.6 is 0 Å². The van der Waals surface area contributed by atoms with Crippen LogP contribution in [-0.2, 0) is 15.1 Å². The van der Waals surface area contributed by atoms with E-state index in [0.29, 0.717) is 48.4 Å². The number of ether oxygens (including phenoxy) is 1. The standard InChI is InChI=1S/C22H19FN4O3/c23-15-3-5-16(6-4-15)27-13-9-18(26-27)25-20(28)14-7-10-22(11-8-14)19-17(21(29)30-22)2-1-12-24-19/h1-6,9,12-14H,7-8,10-11H2,(H,25,26,28)/t14-,22+. The summed E-state index contributed by atoms with van der Waals surface area (Å²) in [5, 5.41) is 7.19. The number of nitrogens with one attached hydrogen (secondary N) is 1. The average Bonchev–Trinajstić information content (AvgIpc) is 3.33. The molecular weight excluding hydrogens is 387 g/mol. The van der Waals surface area contributed by atoms with Gasteiger partial charge in [0.15, 0.2) is 11.4 Å². The van der Waals surface area contributed by atoms with Crippen molar-refractivity contribution in [3.63, 3.8) is 0 Å². The van der Waals surface area contributed by atoms with Crippen molar-refractivity contribution in [1.82, 2.24) is 14.8 Å². The number of carbonyl (C=O) groups is 2. The number of carbonyl (C=O) groups excluding carboxylic acids is 2. The Balaban J connectivity index is 1.24. The van der Waals surface area contributed by atoms with Crippen molar-refractivity contribution in [2.45, 2.75) is 31.3 Å². The van der Waals surface area contributed by atoms with E-state index in [9.17, 15) is 14.0 Å². The van der Waals surface area contributed by atoms with Gasteiger partial charge in [-0.3, -0.25) is 9.78 Å². The monoisotopic (exact) mass is 406 g/mol. The molecule has 1 aliphatic carbocycles. The van der Waals surface area contributed by atoms with Crippen LogP contribution in [0.25, 0.3) is 5.69 Å². The Bertz CT molecular complexity index is 1120. The summed E-state index contributed by atoms with van der Waals surface area (Å²) in [6.45, 7) is 0. The van der Waals surface area contributed by atoms with Gasteiger partial charge in [0, 0.05) is 24.4 Å². The first kappa shape index (κ1) is 18.5. The molecule has 0 radical (unpaired) electrons. The van der Waals surface area contributed by atoms with E-state index in [4.69, 9.17) is 4.74 Å². The van der Waals surface area contributed by atoms with E-state index in [2.05, 4.69) is 15.4 Å². The zero-order chi connectivity index (χ0) is 20.7. The molecule has 5 rings (SSSR count). The van der Waals surface area contributed by atoms with Gasteiger partial charge in [0.2, 0.25) is 5.91 Å². The summed E-state index contributed by atoms with van der Waals surface area (Å²) < 4.78 is 20.3. The molecule has 2 aromatic heterocycles. The number of rotatable bonds is 3. The first-order valence-electron chi connectivity index (χ1n) is 9.85. The number of esters is 1. The highest BCUT2D eigenvalue weighted by molar-refractivity contribution is 5.94. The molecule has 1 amide bonds. The molecule has 0 atom stereocenters. The molecule has 1 aliphatic heterocycles. The van der Waals surface area contributed by atoms with Crippen LogP contribution in [0.4, 0.5) is 10.2 Å². The van der Waals surface area contributed by atoms with Crippen LogP contribution in [0.1, 0.15) is 41.7 Å². The van der Waals surface area contributed by atoms with Crippen molar-refractivity contribution in [3.05, 3.63) is 71.9 Å². The SMILES string of the molecule is O=C1O[C@]2(CC[C@@H](C(=O)Nc3ccn(-c4ccc(F)cc4)n3)CC2)c2ncccc21. The number of hydrogen-bond donors (Lipinski definition) is 1. The molecule has 1 spiro atoms. The minimum absolute atomic E-state index is 0.111. The Morgan fingerprint density at radius 2 is 1.93 bits per heavy atom. The molecule has 0 unspecified atom stereocenters. The summed E-state index contributed by atoms with van der Waals surface area (Å²) >= 11 is 0. The van der Waals surface area contributed by atoms with Gasteiger partial charge in [-0.2, -0.15) is 5.10 Å². The summed E-state index contributed by atoms with van der Waals surface area (Å²) in [5.41, 5.74) is 1.19. The number of aromatic nitrogens is 3. The Hall–Kier alpha value is -3.55. The van der Waals surface area contributed by atoms with Crippen LogP contribution in [0.2, 0.25) is 0 Å². The number of hydrogen-bond acceptors (Lipinski definition) is 5. The van der Waals surface area contributed by atoms with Crippen LogP contribution < -0.4 is 5.32 Å². The lowest BCUT2D eigenvalue weighted by Crippen LogP contribution is -2.36. The molecule has 0 saturated heterocycles. The highest BCUT2D eigenvalue weighted by Crippen LogP contribution is 2.47. The number of pyridine rings is 1.